The van der Waals surface area contributed by atoms with Crippen LogP contribution in [0.25, 0.3) is 0 Å². The Morgan fingerprint density at radius 2 is 2.21 bits per heavy atom. The summed E-state index contributed by atoms with van der Waals surface area (Å²) in [5, 5.41) is 8.98. The summed E-state index contributed by atoms with van der Waals surface area (Å²) in [7, 11) is 1.40. The first-order chi connectivity index (χ1) is 9.11. The number of rotatable bonds is 4. The minimum Gasteiger partial charge on any atom is -0.496 e. The quantitative estimate of drug-likeness (QED) is 0.886. The van der Waals surface area contributed by atoms with Gasteiger partial charge in [-0.3, -0.25) is 9.36 Å². The molecule has 0 fully saturated rings. The summed E-state index contributed by atoms with van der Waals surface area (Å²) in [4.78, 5) is 26.4. The largest absolute Gasteiger partial charge is 0.496 e. The van der Waals surface area contributed by atoms with Gasteiger partial charge in [-0.2, -0.15) is 0 Å². The van der Waals surface area contributed by atoms with Crippen molar-refractivity contribution in [3.63, 3.8) is 0 Å². The van der Waals surface area contributed by atoms with E-state index in [9.17, 15) is 9.59 Å². The monoisotopic (exact) mass is 260 g/mol. The van der Waals surface area contributed by atoms with E-state index < -0.39 is 5.97 Å². The van der Waals surface area contributed by atoms with E-state index in [1.54, 1.807) is 12.1 Å². The van der Waals surface area contributed by atoms with Crippen molar-refractivity contribution in [2.45, 2.75) is 6.54 Å². The Morgan fingerprint density at radius 1 is 1.42 bits per heavy atom. The van der Waals surface area contributed by atoms with Crippen molar-refractivity contribution in [1.82, 2.24) is 9.55 Å². The molecule has 0 unspecified atom stereocenters. The Labute approximate surface area is 108 Å². The molecule has 0 bridgehead atoms. The molecule has 0 aliphatic rings. The number of aromatic nitrogens is 2. The highest BCUT2D eigenvalue weighted by Crippen LogP contribution is 2.20. The molecule has 6 nitrogen and oxygen atoms in total. The summed E-state index contributed by atoms with van der Waals surface area (Å²) in [6.45, 7) is 0.308. The van der Waals surface area contributed by atoms with E-state index in [-0.39, 0.29) is 16.9 Å². The molecule has 0 aliphatic heterocycles. The van der Waals surface area contributed by atoms with Crippen LogP contribution in [-0.2, 0) is 6.54 Å². The molecule has 98 valence electrons. The molecule has 1 aromatic carbocycles. The molecule has 1 aromatic heterocycles. The zero-order valence-electron chi connectivity index (χ0n) is 10.2. The summed E-state index contributed by atoms with van der Waals surface area (Å²) in [6, 6.07) is 6.06. The third kappa shape index (κ3) is 2.79. The van der Waals surface area contributed by atoms with Crippen LogP contribution in [0, 0.1) is 0 Å². The number of nitrogens with zero attached hydrogens (tertiary/aromatic N) is 2. The van der Waals surface area contributed by atoms with Gasteiger partial charge in [0.25, 0.3) is 5.56 Å². The molecule has 0 saturated heterocycles. The first kappa shape index (κ1) is 12.8. The van der Waals surface area contributed by atoms with Crippen molar-refractivity contribution < 1.29 is 14.6 Å². The van der Waals surface area contributed by atoms with Crippen LogP contribution >= 0.6 is 0 Å². The zero-order valence-corrected chi connectivity index (χ0v) is 10.2. The highest BCUT2D eigenvalue weighted by atomic mass is 16.5. The number of hydrogen-bond donors (Lipinski definition) is 1. The molecule has 1 heterocycles. The third-order valence-electron chi connectivity index (χ3n) is 2.64. The second kappa shape index (κ2) is 5.34. The van der Waals surface area contributed by atoms with Gasteiger partial charge in [-0.25, -0.2) is 9.78 Å². The number of carboxylic acids is 1. The van der Waals surface area contributed by atoms with Gasteiger partial charge in [0.1, 0.15) is 11.3 Å². The topological polar surface area (TPSA) is 81.4 Å². The fraction of sp³-hybridized carbons (Fsp3) is 0.154. The predicted molar refractivity (Wildman–Crippen MR) is 67.6 cm³/mol. The summed E-state index contributed by atoms with van der Waals surface area (Å²) in [5.41, 5.74) is 0.679. The normalized spacial score (nSPS) is 10.2. The first-order valence-electron chi connectivity index (χ1n) is 5.52. The summed E-state index contributed by atoms with van der Waals surface area (Å²) in [6.07, 6.45) is 2.85. The molecule has 1 N–H and O–H groups in total. The Hall–Kier alpha value is -2.63. The number of carbonyl (C=O) groups is 1. The molecule has 0 radical (unpaired) electrons. The molecular formula is C13H12N2O4. The lowest BCUT2D eigenvalue weighted by Gasteiger charge is -2.09. The second-order valence-corrected chi connectivity index (χ2v) is 3.89. The number of benzene rings is 1. The summed E-state index contributed by atoms with van der Waals surface area (Å²) >= 11 is 0. The standard InChI is InChI=1S/C13H12N2O4/c1-19-11-6-9(2-3-10(11)13(17)18)7-15-8-14-5-4-12(15)16/h2-6,8H,7H2,1H3,(H,17,18). The van der Waals surface area contributed by atoms with Gasteiger partial charge in [0.05, 0.1) is 20.0 Å². The third-order valence-corrected chi connectivity index (χ3v) is 2.64. The van der Waals surface area contributed by atoms with Crippen molar-refractivity contribution in [2.24, 2.45) is 0 Å². The Morgan fingerprint density at radius 3 is 2.84 bits per heavy atom. The van der Waals surface area contributed by atoms with Crippen LogP contribution in [0.1, 0.15) is 15.9 Å². The van der Waals surface area contributed by atoms with Crippen LogP contribution in [-0.4, -0.2) is 27.7 Å². The van der Waals surface area contributed by atoms with Crippen LogP contribution in [0.5, 0.6) is 5.75 Å². The number of carboxylic acid groups (broad SMARTS) is 1. The van der Waals surface area contributed by atoms with Gasteiger partial charge in [0, 0.05) is 12.3 Å². The zero-order chi connectivity index (χ0) is 13.8. The van der Waals surface area contributed by atoms with E-state index >= 15 is 0 Å². The van der Waals surface area contributed by atoms with E-state index in [4.69, 9.17) is 9.84 Å². The van der Waals surface area contributed by atoms with Crippen LogP contribution in [0.3, 0.4) is 0 Å². The van der Waals surface area contributed by atoms with Crippen molar-refractivity contribution in [2.75, 3.05) is 7.11 Å². The molecular weight excluding hydrogens is 248 g/mol. The SMILES string of the molecule is COc1cc(Cn2cnccc2=O)ccc1C(=O)O. The smallest absolute Gasteiger partial charge is 0.339 e. The van der Waals surface area contributed by atoms with E-state index in [1.165, 1.54) is 36.3 Å². The van der Waals surface area contributed by atoms with E-state index in [2.05, 4.69) is 4.98 Å². The maximum Gasteiger partial charge on any atom is 0.339 e. The van der Waals surface area contributed by atoms with E-state index in [1.807, 2.05) is 0 Å². The Balaban J connectivity index is 2.35. The second-order valence-electron chi connectivity index (χ2n) is 3.89. The van der Waals surface area contributed by atoms with Crippen LogP contribution in [0.15, 0.2) is 41.6 Å². The van der Waals surface area contributed by atoms with Gasteiger partial charge >= 0.3 is 5.97 Å². The summed E-state index contributed by atoms with van der Waals surface area (Å²) < 4.78 is 6.46. The van der Waals surface area contributed by atoms with Crippen LogP contribution in [0.4, 0.5) is 0 Å². The molecule has 6 heteroatoms. The molecule has 0 atom stereocenters. The van der Waals surface area contributed by atoms with Gasteiger partial charge in [0.2, 0.25) is 0 Å². The minimum atomic E-state index is -1.05. The number of hydrogen-bond acceptors (Lipinski definition) is 4. The average molecular weight is 260 g/mol. The Kier molecular flexibility index (Phi) is 3.61. The maximum atomic E-state index is 11.6. The van der Waals surface area contributed by atoms with Gasteiger partial charge in [-0.05, 0) is 17.7 Å². The van der Waals surface area contributed by atoms with Crippen molar-refractivity contribution in [1.29, 1.82) is 0 Å². The highest BCUT2D eigenvalue weighted by Gasteiger charge is 2.11. The molecule has 0 aliphatic carbocycles. The molecule has 2 rings (SSSR count). The fourth-order valence-corrected chi connectivity index (χ4v) is 1.70. The molecule has 2 aromatic rings. The van der Waals surface area contributed by atoms with Gasteiger partial charge in [0.15, 0.2) is 0 Å². The lowest BCUT2D eigenvalue weighted by atomic mass is 10.1. The molecule has 0 amide bonds. The predicted octanol–water partition coefficient (Wildman–Crippen LogP) is 0.998. The lowest BCUT2D eigenvalue weighted by molar-refractivity contribution is 0.0693. The highest BCUT2D eigenvalue weighted by molar-refractivity contribution is 5.90. The average Bonchev–Trinajstić information content (AvgIpc) is 2.41. The summed E-state index contributed by atoms with van der Waals surface area (Å²) in [5.74, 6) is -0.788. The van der Waals surface area contributed by atoms with E-state index in [0.717, 1.165) is 5.56 Å². The number of ether oxygens (including phenoxy) is 1. The number of methoxy groups -OCH3 is 1. The molecule has 0 spiro atoms. The first-order valence-corrected chi connectivity index (χ1v) is 5.52. The maximum absolute atomic E-state index is 11.6. The van der Waals surface area contributed by atoms with Crippen LogP contribution in [0.2, 0.25) is 0 Å². The van der Waals surface area contributed by atoms with Crippen molar-refractivity contribution in [3.05, 3.63) is 58.3 Å². The van der Waals surface area contributed by atoms with Crippen molar-refractivity contribution in [3.8, 4) is 5.75 Å². The number of aromatic carboxylic acids is 1. The van der Waals surface area contributed by atoms with E-state index in [0.29, 0.717) is 6.54 Å². The fourth-order valence-electron chi connectivity index (χ4n) is 1.70. The van der Waals surface area contributed by atoms with Gasteiger partial charge in [-0.15, -0.1) is 0 Å². The lowest BCUT2D eigenvalue weighted by Crippen LogP contribution is -2.19. The van der Waals surface area contributed by atoms with Gasteiger partial charge in [-0.1, -0.05) is 6.07 Å². The minimum absolute atomic E-state index is 0.0878. The Bertz CT molecular complexity index is 664. The molecule has 0 saturated carbocycles. The van der Waals surface area contributed by atoms with Crippen molar-refractivity contribution >= 4 is 5.97 Å². The van der Waals surface area contributed by atoms with Crippen LogP contribution < -0.4 is 10.3 Å². The van der Waals surface area contributed by atoms with Gasteiger partial charge < -0.3 is 9.84 Å². The molecule has 19 heavy (non-hydrogen) atoms.